The lowest BCUT2D eigenvalue weighted by atomic mass is 10.4. The molecule has 72 valence electrons. The van der Waals surface area contributed by atoms with Crippen molar-refractivity contribution in [1.29, 1.82) is 0 Å². The molecule has 0 aliphatic carbocycles. The van der Waals surface area contributed by atoms with Crippen LogP contribution in [0.3, 0.4) is 0 Å². The molecule has 13 heavy (non-hydrogen) atoms. The van der Waals surface area contributed by atoms with Crippen molar-refractivity contribution in [3.63, 3.8) is 0 Å². The Labute approximate surface area is 85.5 Å². The topological polar surface area (TPSA) is 22.0 Å². The molecule has 1 heterocycles. The lowest BCUT2D eigenvalue weighted by molar-refractivity contribution is -0.141. The maximum atomic E-state index is 11.9. The number of hydrogen-bond donors (Lipinski definition) is 0. The monoisotopic (exact) mass is 303 g/mol. The molecular formula is C7H5F3INO. The molecular weight excluding hydrogens is 298 g/mol. The van der Waals surface area contributed by atoms with E-state index in [0.29, 0.717) is 4.57 Å². The van der Waals surface area contributed by atoms with Gasteiger partial charge in [-0.05, 0) is 34.7 Å². The minimum atomic E-state index is -4.35. The molecule has 2 nitrogen and oxygen atoms in total. The normalized spacial score (nSPS) is 11.7. The third-order valence-electron chi connectivity index (χ3n) is 1.32. The maximum Gasteiger partial charge on any atom is 0.406 e. The Hall–Kier alpha value is -0.530. The zero-order valence-corrected chi connectivity index (χ0v) is 8.46. The molecule has 0 saturated carbocycles. The molecule has 0 unspecified atom stereocenters. The van der Waals surface area contributed by atoms with Crippen LogP contribution in [0.25, 0.3) is 0 Å². The largest absolute Gasteiger partial charge is 0.406 e. The van der Waals surface area contributed by atoms with Crippen LogP contribution in [0.4, 0.5) is 13.2 Å². The quantitative estimate of drug-likeness (QED) is 0.728. The number of halogens is 4. The molecule has 0 aromatic carbocycles. The molecule has 1 rings (SSSR count). The standard InChI is InChI=1S/C7H5F3INO/c8-7(9,10)4-12-3-1-2-5(11)6(12)13/h1-3H,4H2. The third-order valence-corrected chi connectivity index (χ3v) is 2.14. The SMILES string of the molecule is O=c1c(I)cccn1CC(F)(F)F. The number of hydrogen-bond acceptors (Lipinski definition) is 1. The van der Waals surface area contributed by atoms with E-state index >= 15 is 0 Å². The second-order valence-electron chi connectivity index (χ2n) is 2.40. The fourth-order valence-electron chi connectivity index (χ4n) is 0.825. The van der Waals surface area contributed by atoms with Gasteiger partial charge in [-0.1, -0.05) is 0 Å². The Morgan fingerprint density at radius 2 is 2.08 bits per heavy atom. The lowest BCUT2D eigenvalue weighted by Gasteiger charge is -2.08. The van der Waals surface area contributed by atoms with Gasteiger partial charge in [0.1, 0.15) is 6.54 Å². The number of aromatic nitrogens is 1. The van der Waals surface area contributed by atoms with Gasteiger partial charge in [-0.25, -0.2) is 0 Å². The molecule has 0 aliphatic rings. The van der Waals surface area contributed by atoms with E-state index in [1.807, 2.05) is 0 Å². The Kier molecular flexibility index (Phi) is 2.99. The number of alkyl halides is 3. The van der Waals surface area contributed by atoms with Crippen molar-refractivity contribution in [2.45, 2.75) is 12.7 Å². The van der Waals surface area contributed by atoms with Gasteiger partial charge in [-0.15, -0.1) is 0 Å². The van der Waals surface area contributed by atoms with Gasteiger partial charge in [0.05, 0.1) is 3.57 Å². The maximum absolute atomic E-state index is 11.9. The van der Waals surface area contributed by atoms with E-state index in [1.165, 1.54) is 12.1 Å². The van der Waals surface area contributed by atoms with E-state index < -0.39 is 18.3 Å². The zero-order chi connectivity index (χ0) is 10.1. The predicted octanol–water partition coefficient (Wildman–Crippen LogP) is 2.02. The first-order valence-corrected chi connectivity index (χ1v) is 4.40. The molecule has 0 aliphatic heterocycles. The van der Waals surface area contributed by atoms with Crippen LogP contribution in [0.5, 0.6) is 0 Å². The summed E-state index contributed by atoms with van der Waals surface area (Å²) in [5.41, 5.74) is -0.611. The fraction of sp³-hybridized carbons (Fsp3) is 0.286. The van der Waals surface area contributed by atoms with Crippen LogP contribution in [-0.4, -0.2) is 10.7 Å². The summed E-state index contributed by atoms with van der Waals surface area (Å²) in [6.07, 6.45) is -3.23. The third kappa shape index (κ3) is 3.02. The molecule has 0 fully saturated rings. The van der Waals surface area contributed by atoms with Crippen LogP contribution in [0.15, 0.2) is 23.1 Å². The van der Waals surface area contributed by atoms with Crippen LogP contribution < -0.4 is 5.56 Å². The summed E-state index contributed by atoms with van der Waals surface area (Å²) in [5.74, 6) is 0. The average Bonchev–Trinajstić information content (AvgIpc) is 1.96. The fourth-order valence-corrected chi connectivity index (χ4v) is 1.34. The summed E-state index contributed by atoms with van der Waals surface area (Å²) >= 11 is 1.70. The molecule has 0 spiro atoms. The number of pyridine rings is 1. The first-order valence-electron chi connectivity index (χ1n) is 3.32. The minimum Gasteiger partial charge on any atom is -0.306 e. The van der Waals surface area contributed by atoms with Gasteiger partial charge >= 0.3 is 6.18 Å². The van der Waals surface area contributed by atoms with Crippen molar-refractivity contribution in [3.8, 4) is 0 Å². The molecule has 0 radical (unpaired) electrons. The van der Waals surface area contributed by atoms with Gasteiger partial charge in [-0.3, -0.25) is 4.79 Å². The Morgan fingerprint density at radius 1 is 1.46 bits per heavy atom. The van der Waals surface area contributed by atoms with Crippen LogP contribution in [0.1, 0.15) is 0 Å². The molecule has 6 heteroatoms. The summed E-state index contributed by atoms with van der Waals surface area (Å²) in [4.78, 5) is 11.1. The van der Waals surface area contributed by atoms with Crippen LogP contribution in [0, 0.1) is 3.57 Å². The highest BCUT2D eigenvalue weighted by atomic mass is 127. The van der Waals surface area contributed by atoms with Crippen LogP contribution >= 0.6 is 22.6 Å². The first-order chi connectivity index (χ1) is 5.90. The van der Waals surface area contributed by atoms with E-state index in [2.05, 4.69) is 0 Å². The van der Waals surface area contributed by atoms with Crippen molar-refractivity contribution in [2.75, 3.05) is 0 Å². The van der Waals surface area contributed by atoms with Gasteiger partial charge in [-0.2, -0.15) is 13.2 Å². The van der Waals surface area contributed by atoms with Gasteiger partial charge in [0.15, 0.2) is 0 Å². The highest BCUT2D eigenvalue weighted by Crippen LogP contribution is 2.16. The lowest BCUT2D eigenvalue weighted by Crippen LogP contribution is -2.28. The summed E-state index contributed by atoms with van der Waals surface area (Å²) in [7, 11) is 0. The highest BCUT2D eigenvalue weighted by molar-refractivity contribution is 14.1. The van der Waals surface area contributed by atoms with E-state index in [9.17, 15) is 18.0 Å². The second-order valence-corrected chi connectivity index (χ2v) is 3.57. The van der Waals surface area contributed by atoms with E-state index in [0.717, 1.165) is 6.20 Å². The van der Waals surface area contributed by atoms with Crippen molar-refractivity contribution < 1.29 is 13.2 Å². The van der Waals surface area contributed by atoms with E-state index in [-0.39, 0.29) is 3.57 Å². The van der Waals surface area contributed by atoms with Crippen molar-refractivity contribution >= 4 is 22.6 Å². The van der Waals surface area contributed by atoms with Gasteiger partial charge in [0.25, 0.3) is 5.56 Å². The van der Waals surface area contributed by atoms with E-state index in [4.69, 9.17) is 0 Å². The van der Waals surface area contributed by atoms with Gasteiger partial charge in [0, 0.05) is 6.20 Å². The van der Waals surface area contributed by atoms with Gasteiger partial charge < -0.3 is 4.57 Å². The summed E-state index contributed by atoms with van der Waals surface area (Å²) in [6.45, 7) is -1.23. The zero-order valence-electron chi connectivity index (χ0n) is 6.31. The molecule has 0 bridgehead atoms. The number of nitrogens with zero attached hydrogens (tertiary/aromatic N) is 1. The minimum absolute atomic E-state index is 0.282. The molecule has 0 amide bonds. The Bertz CT molecular complexity index is 357. The molecule has 0 N–H and O–H groups in total. The van der Waals surface area contributed by atoms with Crippen molar-refractivity contribution in [1.82, 2.24) is 4.57 Å². The first kappa shape index (κ1) is 10.6. The number of rotatable bonds is 1. The molecule has 0 saturated heterocycles. The van der Waals surface area contributed by atoms with Gasteiger partial charge in [0.2, 0.25) is 0 Å². The second kappa shape index (κ2) is 3.69. The highest BCUT2D eigenvalue weighted by Gasteiger charge is 2.28. The van der Waals surface area contributed by atoms with Crippen molar-refractivity contribution in [2.24, 2.45) is 0 Å². The van der Waals surface area contributed by atoms with Crippen LogP contribution in [0.2, 0.25) is 0 Å². The molecule has 1 aromatic rings. The molecule has 1 aromatic heterocycles. The molecule has 0 atom stereocenters. The smallest absolute Gasteiger partial charge is 0.306 e. The van der Waals surface area contributed by atoms with Crippen LogP contribution in [-0.2, 0) is 6.54 Å². The Morgan fingerprint density at radius 3 is 2.62 bits per heavy atom. The summed E-state index contributed by atoms with van der Waals surface area (Å²) in [6, 6.07) is 2.88. The summed E-state index contributed by atoms with van der Waals surface area (Å²) < 4.78 is 36.6. The van der Waals surface area contributed by atoms with Crippen molar-refractivity contribution in [3.05, 3.63) is 32.3 Å². The predicted molar refractivity (Wildman–Crippen MR) is 49.5 cm³/mol. The Balaban J connectivity index is 3.03. The average molecular weight is 303 g/mol. The van der Waals surface area contributed by atoms with E-state index in [1.54, 1.807) is 22.6 Å². The summed E-state index contributed by atoms with van der Waals surface area (Å²) in [5, 5.41) is 0.